The minimum atomic E-state index is -0.185. The fraction of sp³-hybridized carbons (Fsp3) is 0.875. The Kier molecular flexibility index (Phi) is 3.49. The summed E-state index contributed by atoms with van der Waals surface area (Å²) in [4.78, 5) is 13.0. The minimum Gasteiger partial charge on any atom is -0.392 e. The van der Waals surface area contributed by atoms with Crippen molar-refractivity contribution in [1.82, 2.24) is 10.2 Å². The Bertz CT molecular complexity index is 161. The third-order valence-electron chi connectivity index (χ3n) is 2.18. The van der Waals surface area contributed by atoms with Gasteiger partial charge in [-0.2, -0.15) is 0 Å². The number of likely N-dealkylation sites (tertiary alicyclic amines) is 1. The molecule has 70 valence electrons. The molecule has 1 rings (SSSR count). The standard InChI is InChI=1S/C8H16N2O2/c1-9-8(12)3-5-10-4-2-7(11)6-10/h7,11H,2-6H2,1H3,(H,9,12)/t7-/m0/s1. The molecule has 0 saturated carbocycles. The molecule has 0 aromatic rings. The Morgan fingerprint density at radius 1 is 1.75 bits per heavy atom. The van der Waals surface area contributed by atoms with Gasteiger partial charge in [0.2, 0.25) is 5.91 Å². The molecule has 0 unspecified atom stereocenters. The van der Waals surface area contributed by atoms with Crippen molar-refractivity contribution in [3.8, 4) is 0 Å². The van der Waals surface area contributed by atoms with Gasteiger partial charge >= 0.3 is 0 Å². The number of rotatable bonds is 3. The van der Waals surface area contributed by atoms with Crippen molar-refractivity contribution in [2.24, 2.45) is 0 Å². The summed E-state index contributed by atoms with van der Waals surface area (Å²) in [5.74, 6) is 0.0661. The van der Waals surface area contributed by atoms with Gasteiger partial charge in [-0.3, -0.25) is 4.79 Å². The van der Waals surface area contributed by atoms with Crippen LogP contribution in [0.5, 0.6) is 0 Å². The lowest BCUT2D eigenvalue weighted by Gasteiger charge is -2.13. The molecular weight excluding hydrogens is 156 g/mol. The Hall–Kier alpha value is -0.610. The van der Waals surface area contributed by atoms with E-state index in [1.54, 1.807) is 7.05 Å². The summed E-state index contributed by atoms with van der Waals surface area (Å²) in [6.07, 6.45) is 1.19. The number of carbonyl (C=O) groups excluding carboxylic acids is 1. The molecule has 4 heteroatoms. The molecule has 1 saturated heterocycles. The Morgan fingerprint density at radius 2 is 2.50 bits per heavy atom. The van der Waals surface area contributed by atoms with Gasteiger partial charge in [-0.05, 0) is 6.42 Å². The van der Waals surface area contributed by atoms with Crippen LogP contribution in [0.2, 0.25) is 0 Å². The fourth-order valence-electron chi connectivity index (χ4n) is 1.40. The molecule has 0 spiro atoms. The second-order valence-electron chi connectivity index (χ2n) is 3.17. The molecule has 4 nitrogen and oxygen atoms in total. The molecule has 1 aliphatic heterocycles. The molecule has 0 radical (unpaired) electrons. The number of nitrogens with zero attached hydrogens (tertiary/aromatic N) is 1. The van der Waals surface area contributed by atoms with Crippen LogP contribution in [-0.2, 0) is 4.79 Å². The molecule has 0 aromatic heterocycles. The first kappa shape index (κ1) is 9.48. The summed E-state index contributed by atoms with van der Waals surface area (Å²) in [7, 11) is 1.64. The zero-order valence-electron chi connectivity index (χ0n) is 7.42. The molecule has 0 bridgehead atoms. The molecular formula is C8H16N2O2. The van der Waals surface area contributed by atoms with E-state index in [2.05, 4.69) is 10.2 Å². The average Bonchev–Trinajstić information content (AvgIpc) is 2.47. The SMILES string of the molecule is CNC(=O)CCN1CC[C@H](O)C1. The van der Waals surface area contributed by atoms with Crippen LogP contribution < -0.4 is 5.32 Å². The van der Waals surface area contributed by atoms with Crippen LogP contribution in [0.1, 0.15) is 12.8 Å². The van der Waals surface area contributed by atoms with Crippen LogP contribution in [0, 0.1) is 0 Å². The van der Waals surface area contributed by atoms with Crippen LogP contribution in [0.3, 0.4) is 0 Å². The third kappa shape index (κ3) is 2.79. The highest BCUT2D eigenvalue weighted by Gasteiger charge is 2.19. The smallest absolute Gasteiger partial charge is 0.221 e. The maximum atomic E-state index is 10.8. The van der Waals surface area contributed by atoms with Crippen LogP contribution >= 0.6 is 0 Å². The maximum Gasteiger partial charge on any atom is 0.221 e. The average molecular weight is 172 g/mol. The normalized spacial score (nSPS) is 24.3. The molecule has 1 amide bonds. The van der Waals surface area contributed by atoms with Gasteiger partial charge in [0.15, 0.2) is 0 Å². The highest BCUT2D eigenvalue weighted by atomic mass is 16.3. The van der Waals surface area contributed by atoms with Crippen LogP contribution in [0.25, 0.3) is 0 Å². The summed E-state index contributed by atoms with van der Waals surface area (Å²) >= 11 is 0. The largest absolute Gasteiger partial charge is 0.392 e. The van der Waals surface area contributed by atoms with Crippen molar-refractivity contribution in [3.63, 3.8) is 0 Å². The number of aliphatic hydroxyl groups is 1. The van der Waals surface area contributed by atoms with Gasteiger partial charge in [0.05, 0.1) is 6.10 Å². The van der Waals surface area contributed by atoms with Gasteiger partial charge in [-0.15, -0.1) is 0 Å². The first-order valence-electron chi connectivity index (χ1n) is 4.33. The summed E-state index contributed by atoms with van der Waals surface area (Å²) in [5, 5.41) is 11.8. The van der Waals surface area contributed by atoms with Crippen molar-refractivity contribution in [3.05, 3.63) is 0 Å². The van der Waals surface area contributed by atoms with E-state index in [0.717, 1.165) is 26.1 Å². The fourth-order valence-corrected chi connectivity index (χ4v) is 1.40. The van der Waals surface area contributed by atoms with Gasteiger partial charge < -0.3 is 15.3 Å². The number of hydrogen-bond donors (Lipinski definition) is 2. The molecule has 1 aliphatic rings. The van der Waals surface area contributed by atoms with E-state index in [-0.39, 0.29) is 12.0 Å². The second-order valence-corrected chi connectivity index (χ2v) is 3.17. The summed E-state index contributed by atoms with van der Waals surface area (Å²) in [6, 6.07) is 0. The number of amides is 1. The van der Waals surface area contributed by atoms with Gasteiger partial charge in [-0.25, -0.2) is 0 Å². The van der Waals surface area contributed by atoms with Crippen LogP contribution in [0.15, 0.2) is 0 Å². The van der Waals surface area contributed by atoms with Gasteiger partial charge in [0, 0.05) is 33.1 Å². The van der Waals surface area contributed by atoms with Crippen molar-refractivity contribution in [1.29, 1.82) is 0 Å². The molecule has 1 atom stereocenters. The third-order valence-corrected chi connectivity index (χ3v) is 2.18. The van der Waals surface area contributed by atoms with E-state index in [1.807, 2.05) is 0 Å². The summed E-state index contributed by atoms with van der Waals surface area (Å²) < 4.78 is 0. The van der Waals surface area contributed by atoms with E-state index < -0.39 is 0 Å². The Morgan fingerprint density at radius 3 is 3.00 bits per heavy atom. The highest BCUT2D eigenvalue weighted by molar-refractivity contribution is 5.75. The van der Waals surface area contributed by atoms with Crippen LogP contribution in [0.4, 0.5) is 0 Å². The molecule has 0 aliphatic carbocycles. The maximum absolute atomic E-state index is 10.8. The summed E-state index contributed by atoms with van der Waals surface area (Å²) in [5.41, 5.74) is 0. The molecule has 1 heterocycles. The highest BCUT2D eigenvalue weighted by Crippen LogP contribution is 2.08. The number of carbonyl (C=O) groups is 1. The first-order chi connectivity index (χ1) is 5.72. The number of nitrogens with one attached hydrogen (secondary N) is 1. The zero-order valence-corrected chi connectivity index (χ0v) is 7.42. The number of β-amino-alcohol motifs (C(OH)–C–C–N with tert-alkyl or cyclic N) is 1. The van der Waals surface area contributed by atoms with E-state index in [9.17, 15) is 9.90 Å². The Balaban J connectivity index is 2.11. The molecule has 1 fully saturated rings. The molecule has 12 heavy (non-hydrogen) atoms. The first-order valence-corrected chi connectivity index (χ1v) is 4.33. The van der Waals surface area contributed by atoms with Crippen molar-refractivity contribution in [2.45, 2.75) is 18.9 Å². The van der Waals surface area contributed by atoms with Crippen molar-refractivity contribution in [2.75, 3.05) is 26.7 Å². The predicted octanol–water partition coefficient (Wildman–Crippen LogP) is -0.811. The van der Waals surface area contributed by atoms with E-state index in [1.165, 1.54) is 0 Å². The van der Waals surface area contributed by atoms with Gasteiger partial charge in [0.25, 0.3) is 0 Å². The second kappa shape index (κ2) is 4.42. The van der Waals surface area contributed by atoms with Crippen LogP contribution in [-0.4, -0.2) is 48.7 Å². The summed E-state index contributed by atoms with van der Waals surface area (Å²) in [6.45, 7) is 2.39. The lowest BCUT2D eigenvalue weighted by molar-refractivity contribution is -0.120. The van der Waals surface area contributed by atoms with Crippen molar-refractivity contribution < 1.29 is 9.90 Å². The Labute approximate surface area is 72.6 Å². The molecule has 2 N–H and O–H groups in total. The zero-order chi connectivity index (χ0) is 8.97. The van der Waals surface area contributed by atoms with Crippen molar-refractivity contribution >= 4 is 5.91 Å². The lowest BCUT2D eigenvalue weighted by Crippen LogP contribution is -2.28. The van der Waals surface area contributed by atoms with E-state index in [0.29, 0.717) is 6.42 Å². The van der Waals surface area contributed by atoms with E-state index >= 15 is 0 Å². The number of aliphatic hydroxyl groups excluding tert-OH is 1. The monoisotopic (exact) mass is 172 g/mol. The topological polar surface area (TPSA) is 52.6 Å². The molecule has 0 aromatic carbocycles. The lowest BCUT2D eigenvalue weighted by atomic mass is 10.3. The number of hydrogen-bond acceptors (Lipinski definition) is 3. The minimum absolute atomic E-state index is 0.0661. The van der Waals surface area contributed by atoms with Gasteiger partial charge in [-0.1, -0.05) is 0 Å². The predicted molar refractivity (Wildman–Crippen MR) is 45.7 cm³/mol. The van der Waals surface area contributed by atoms with E-state index in [4.69, 9.17) is 0 Å². The quantitative estimate of drug-likeness (QED) is 0.585. The van der Waals surface area contributed by atoms with Gasteiger partial charge in [0.1, 0.15) is 0 Å².